The summed E-state index contributed by atoms with van der Waals surface area (Å²) in [6, 6.07) is 1.36. The average Bonchev–Trinajstić information content (AvgIpc) is 2.46. The molecule has 0 saturated heterocycles. The van der Waals surface area contributed by atoms with Gasteiger partial charge in [0.1, 0.15) is 5.82 Å². The number of nitrogens with two attached hydrogens (primary N) is 1. The number of nitrogens with zero attached hydrogens (tertiary/aromatic N) is 2. The smallest absolute Gasteiger partial charge is 0.382 e. The van der Waals surface area contributed by atoms with Gasteiger partial charge < -0.3 is 5.73 Å². The van der Waals surface area contributed by atoms with Gasteiger partial charge in [-0.05, 0) is 6.07 Å². The van der Waals surface area contributed by atoms with Gasteiger partial charge in [-0.15, -0.1) is 0 Å². The molecular formula is C6H8F3N3O2S. The first-order valence-electron chi connectivity index (χ1n) is 3.80. The molecule has 2 N–H and O–H groups in total. The van der Waals surface area contributed by atoms with Crippen LogP contribution in [0.25, 0.3) is 0 Å². The van der Waals surface area contributed by atoms with Crippen LogP contribution in [0.2, 0.25) is 0 Å². The third-order valence-electron chi connectivity index (χ3n) is 1.60. The van der Waals surface area contributed by atoms with E-state index in [1.54, 1.807) is 0 Å². The average molecular weight is 243 g/mol. The molecule has 0 aliphatic rings. The van der Waals surface area contributed by atoms with E-state index in [1.165, 1.54) is 12.3 Å². The maximum Gasteiger partial charge on any atom is 0.497 e. The number of sulfone groups is 1. The lowest BCUT2D eigenvalue weighted by atomic mass is 10.7. The minimum atomic E-state index is -5.22. The zero-order valence-electron chi connectivity index (χ0n) is 7.40. The lowest BCUT2D eigenvalue weighted by Gasteiger charge is -2.07. The number of halogens is 3. The molecule has 0 aliphatic heterocycles. The van der Waals surface area contributed by atoms with E-state index in [2.05, 4.69) is 5.10 Å². The molecule has 0 unspecified atom stereocenters. The Hall–Kier alpha value is -1.25. The number of hydrogen-bond acceptors (Lipinski definition) is 4. The topological polar surface area (TPSA) is 78.0 Å². The number of nitrogen functional groups attached to an aromatic ring is 1. The van der Waals surface area contributed by atoms with E-state index in [-0.39, 0.29) is 12.4 Å². The van der Waals surface area contributed by atoms with Gasteiger partial charge in [0, 0.05) is 6.20 Å². The van der Waals surface area contributed by atoms with E-state index in [0.29, 0.717) is 0 Å². The molecule has 0 spiro atoms. The Kier molecular flexibility index (Phi) is 2.93. The van der Waals surface area contributed by atoms with Crippen LogP contribution >= 0.6 is 0 Å². The molecule has 15 heavy (non-hydrogen) atoms. The van der Waals surface area contributed by atoms with E-state index in [9.17, 15) is 21.6 Å². The summed E-state index contributed by atoms with van der Waals surface area (Å²) < 4.78 is 58.0. The maximum absolute atomic E-state index is 11.9. The van der Waals surface area contributed by atoms with Gasteiger partial charge in [-0.25, -0.2) is 8.42 Å². The Bertz CT molecular complexity index is 437. The summed E-state index contributed by atoms with van der Waals surface area (Å²) in [6.07, 6.45) is 1.31. The number of rotatable bonds is 3. The molecule has 86 valence electrons. The second-order valence-electron chi connectivity index (χ2n) is 2.77. The van der Waals surface area contributed by atoms with Crippen molar-refractivity contribution >= 4 is 15.7 Å². The molecule has 0 bridgehead atoms. The molecule has 9 heteroatoms. The Morgan fingerprint density at radius 3 is 2.47 bits per heavy atom. The Morgan fingerprint density at radius 1 is 1.47 bits per heavy atom. The third kappa shape index (κ3) is 2.85. The standard InChI is InChI=1S/C6H8F3N3O2S/c7-6(8,9)15(13,14)4-3-12-2-1-5(10)11-12/h1-2H,3-4H2,(H2,10,11). The molecule has 0 saturated carbocycles. The van der Waals surface area contributed by atoms with Gasteiger partial charge in [0.2, 0.25) is 9.84 Å². The predicted octanol–water partition coefficient (Wildman–Crippen LogP) is 0.400. The molecule has 1 heterocycles. The van der Waals surface area contributed by atoms with Crippen molar-refractivity contribution in [1.82, 2.24) is 9.78 Å². The molecule has 0 fully saturated rings. The maximum atomic E-state index is 11.9. The van der Waals surface area contributed by atoms with E-state index < -0.39 is 21.1 Å². The van der Waals surface area contributed by atoms with E-state index in [4.69, 9.17) is 5.73 Å². The first kappa shape index (κ1) is 11.8. The van der Waals surface area contributed by atoms with Crippen molar-refractivity contribution in [2.45, 2.75) is 12.1 Å². The highest BCUT2D eigenvalue weighted by Crippen LogP contribution is 2.23. The summed E-state index contributed by atoms with van der Waals surface area (Å²) >= 11 is 0. The van der Waals surface area contributed by atoms with E-state index >= 15 is 0 Å². The first-order valence-corrected chi connectivity index (χ1v) is 5.45. The molecule has 0 atom stereocenters. The third-order valence-corrected chi connectivity index (χ3v) is 3.03. The van der Waals surface area contributed by atoms with Crippen molar-refractivity contribution in [2.24, 2.45) is 0 Å². The van der Waals surface area contributed by atoms with Crippen molar-refractivity contribution in [3.8, 4) is 0 Å². The van der Waals surface area contributed by atoms with Crippen LogP contribution in [0.15, 0.2) is 12.3 Å². The number of anilines is 1. The van der Waals surface area contributed by atoms with Crippen LogP contribution < -0.4 is 5.73 Å². The number of aromatic nitrogens is 2. The van der Waals surface area contributed by atoms with Crippen LogP contribution in [0.5, 0.6) is 0 Å². The van der Waals surface area contributed by atoms with Gasteiger partial charge in [-0.3, -0.25) is 4.68 Å². The highest BCUT2D eigenvalue weighted by atomic mass is 32.2. The second-order valence-corrected chi connectivity index (χ2v) is 4.87. The summed E-state index contributed by atoms with van der Waals surface area (Å²) in [6.45, 7) is -0.376. The number of aryl methyl sites for hydroxylation is 1. The van der Waals surface area contributed by atoms with Crippen LogP contribution in [0, 0.1) is 0 Å². The van der Waals surface area contributed by atoms with Crippen LogP contribution in [-0.4, -0.2) is 29.5 Å². The van der Waals surface area contributed by atoms with Crippen molar-refractivity contribution in [1.29, 1.82) is 0 Å². The Morgan fingerprint density at radius 2 is 2.07 bits per heavy atom. The SMILES string of the molecule is Nc1ccn(CCS(=O)(=O)C(F)(F)F)n1. The Balaban J connectivity index is 2.66. The van der Waals surface area contributed by atoms with Gasteiger partial charge in [-0.2, -0.15) is 18.3 Å². The van der Waals surface area contributed by atoms with Crippen LogP contribution in [-0.2, 0) is 16.4 Å². The van der Waals surface area contributed by atoms with E-state index in [1.807, 2.05) is 0 Å². The fraction of sp³-hybridized carbons (Fsp3) is 0.500. The van der Waals surface area contributed by atoms with Gasteiger partial charge in [-0.1, -0.05) is 0 Å². The molecule has 1 aromatic rings. The molecule has 0 aromatic carbocycles. The van der Waals surface area contributed by atoms with Crippen molar-refractivity contribution in [3.05, 3.63) is 12.3 Å². The van der Waals surface area contributed by atoms with Crippen molar-refractivity contribution < 1.29 is 21.6 Å². The number of hydrogen-bond donors (Lipinski definition) is 1. The largest absolute Gasteiger partial charge is 0.497 e. The molecule has 0 radical (unpaired) electrons. The van der Waals surface area contributed by atoms with Crippen molar-refractivity contribution in [3.63, 3.8) is 0 Å². The van der Waals surface area contributed by atoms with Crippen LogP contribution in [0.3, 0.4) is 0 Å². The first-order chi connectivity index (χ1) is 6.72. The van der Waals surface area contributed by atoms with Crippen LogP contribution in [0.1, 0.15) is 0 Å². The minimum absolute atomic E-state index is 0.124. The fourth-order valence-corrected chi connectivity index (χ4v) is 1.49. The minimum Gasteiger partial charge on any atom is -0.382 e. The molecule has 1 rings (SSSR count). The lowest BCUT2D eigenvalue weighted by molar-refractivity contribution is -0.0436. The van der Waals surface area contributed by atoms with Crippen molar-refractivity contribution in [2.75, 3.05) is 11.5 Å². The Labute approximate surface area is 83.6 Å². The summed E-state index contributed by atoms with van der Waals surface area (Å²) in [5.74, 6) is -0.920. The monoisotopic (exact) mass is 243 g/mol. The summed E-state index contributed by atoms with van der Waals surface area (Å²) in [4.78, 5) is 0. The van der Waals surface area contributed by atoms with Gasteiger partial charge in [0.25, 0.3) is 0 Å². The summed E-state index contributed by atoms with van der Waals surface area (Å²) in [5, 5.41) is 3.56. The molecule has 1 aromatic heterocycles. The summed E-state index contributed by atoms with van der Waals surface area (Å²) in [5.41, 5.74) is -0.0165. The highest BCUT2D eigenvalue weighted by Gasteiger charge is 2.44. The lowest BCUT2D eigenvalue weighted by Crippen LogP contribution is -2.28. The quantitative estimate of drug-likeness (QED) is 0.833. The molecule has 0 amide bonds. The fourth-order valence-electron chi connectivity index (χ4n) is 0.831. The zero-order chi connectivity index (χ0) is 11.7. The normalized spacial score (nSPS) is 13.0. The van der Waals surface area contributed by atoms with Crippen LogP contribution in [0.4, 0.5) is 19.0 Å². The predicted molar refractivity (Wildman–Crippen MR) is 46.5 cm³/mol. The molecule has 0 aliphatic carbocycles. The van der Waals surface area contributed by atoms with E-state index in [0.717, 1.165) is 4.68 Å². The molecule has 5 nitrogen and oxygen atoms in total. The van der Waals surface area contributed by atoms with Gasteiger partial charge >= 0.3 is 5.51 Å². The second kappa shape index (κ2) is 3.72. The molecular weight excluding hydrogens is 235 g/mol. The zero-order valence-corrected chi connectivity index (χ0v) is 8.22. The van der Waals surface area contributed by atoms with Gasteiger partial charge in [0.15, 0.2) is 0 Å². The number of alkyl halides is 3. The summed E-state index contributed by atoms with van der Waals surface area (Å²) in [7, 11) is -5.09. The highest BCUT2D eigenvalue weighted by molar-refractivity contribution is 7.92. The van der Waals surface area contributed by atoms with Gasteiger partial charge in [0.05, 0.1) is 12.3 Å².